The van der Waals surface area contributed by atoms with Crippen molar-refractivity contribution in [3.63, 3.8) is 0 Å². The number of alkyl halides is 3. The van der Waals surface area contributed by atoms with E-state index < -0.39 is 30.0 Å². The SMILES string of the molecule is CCNCc1cc(F)c(N(C)CC(F)(F)F)c(F)c1. The van der Waals surface area contributed by atoms with E-state index in [0.717, 1.165) is 19.2 Å². The Morgan fingerprint density at radius 3 is 2.11 bits per heavy atom. The molecule has 19 heavy (non-hydrogen) atoms. The predicted octanol–water partition coefficient (Wildman–Crippen LogP) is 3.07. The lowest BCUT2D eigenvalue weighted by Gasteiger charge is -2.22. The van der Waals surface area contributed by atoms with Crippen molar-refractivity contribution < 1.29 is 22.0 Å². The average Bonchev–Trinajstić information content (AvgIpc) is 2.22. The number of hydrogen-bond donors (Lipinski definition) is 1. The highest BCUT2D eigenvalue weighted by Gasteiger charge is 2.31. The molecule has 0 heterocycles. The normalized spacial score (nSPS) is 11.7. The van der Waals surface area contributed by atoms with Gasteiger partial charge in [-0.15, -0.1) is 0 Å². The van der Waals surface area contributed by atoms with E-state index >= 15 is 0 Å². The van der Waals surface area contributed by atoms with Crippen LogP contribution in [0.1, 0.15) is 12.5 Å². The Kier molecular flexibility index (Phi) is 5.11. The Morgan fingerprint density at radius 2 is 1.68 bits per heavy atom. The molecule has 0 aliphatic heterocycles. The number of hydrogen-bond acceptors (Lipinski definition) is 2. The molecule has 0 unspecified atom stereocenters. The maximum atomic E-state index is 13.7. The van der Waals surface area contributed by atoms with E-state index in [1.54, 1.807) is 0 Å². The zero-order valence-electron chi connectivity index (χ0n) is 10.6. The predicted molar refractivity (Wildman–Crippen MR) is 63.1 cm³/mol. The maximum Gasteiger partial charge on any atom is 0.405 e. The molecule has 0 aliphatic rings. The third-order valence-corrected chi connectivity index (χ3v) is 2.45. The van der Waals surface area contributed by atoms with Crippen molar-refractivity contribution in [1.29, 1.82) is 0 Å². The van der Waals surface area contributed by atoms with Crippen LogP contribution in [-0.2, 0) is 6.54 Å². The van der Waals surface area contributed by atoms with Crippen LogP contribution in [0.15, 0.2) is 12.1 Å². The number of benzene rings is 1. The van der Waals surface area contributed by atoms with Crippen molar-refractivity contribution in [2.24, 2.45) is 0 Å². The second kappa shape index (κ2) is 6.18. The summed E-state index contributed by atoms with van der Waals surface area (Å²) in [5.74, 6) is -2.00. The Hall–Kier alpha value is -1.37. The largest absolute Gasteiger partial charge is 0.405 e. The summed E-state index contributed by atoms with van der Waals surface area (Å²) in [7, 11) is 0.999. The molecule has 7 heteroatoms. The summed E-state index contributed by atoms with van der Waals surface area (Å²) in [6, 6.07) is 2.07. The number of rotatable bonds is 5. The molecule has 0 aromatic heterocycles. The quantitative estimate of drug-likeness (QED) is 0.835. The van der Waals surface area contributed by atoms with Gasteiger partial charge in [0.1, 0.15) is 23.9 Å². The molecule has 0 saturated carbocycles. The van der Waals surface area contributed by atoms with Gasteiger partial charge in [-0.25, -0.2) is 8.78 Å². The smallest absolute Gasteiger partial charge is 0.361 e. The van der Waals surface area contributed by atoms with Crippen molar-refractivity contribution in [2.75, 3.05) is 25.0 Å². The van der Waals surface area contributed by atoms with Gasteiger partial charge in [0.25, 0.3) is 0 Å². The highest BCUT2D eigenvalue weighted by molar-refractivity contribution is 5.50. The standard InChI is InChI=1S/C12H15F5N2/c1-3-18-6-8-4-9(13)11(10(14)5-8)19(2)7-12(15,16)17/h4-5,18H,3,6-7H2,1-2H3. The van der Waals surface area contributed by atoms with Crippen LogP contribution in [-0.4, -0.2) is 26.3 Å². The summed E-state index contributed by atoms with van der Waals surface area (Å²) in [6.45, 7) is 1.30. The van der Waals surface area contributed by atoms with Gasteiger partial charge in [-0.3, -0.25) is 0 Å². The molecule has 0 amide bonds. The third-order valence-electron chi connectivity index (χ3n) is 2.45. The van der Waals surface area contributed by atoms with Crippen LogP contribution in [0.3, 0.4) is 0 Å². The minimum absolute atomic E-state index is 0.258. The van der Waals surface area contributed by atoms with Crippen molar-refractivity contribution in [1.82, 2.24) is 5.32 Å². The maximum absolute atomic E-state index is 13.7. The Bertz CT molecular complexity index is 408. The number of halogens is 5. The molecule has 0 saturated heterocycles. The summed E-state index contributed by atoms with van der Waals surface area (Å²) in [5, 5.41) is 2.88. The molecule has 0 aliphatic carbocycles. The van der Waals surface area contributed by atoms with Gasteiger partial charge in [0.15, 0.2) is 0 Å². The van der Waals surface area contributed by atoms with E-state index in [-0.39, 0.29) is 6.54 Å². The lowest BCUT2D eigenvalue weighted by atomic mass is 10.1. The Balaban J connectivity index is 2.96. The van der Waals surface area contributed by atoms with Gasteiger partial charge in [0.05, 0.1) is 0 Å². The number of nitrogens with one attached hydrogen (secondary N) is 1. The van der Waals surface area contributed by atoms with E-state index in [2.05, 4.69) is 5.32 Å². The topological polar surface area (TPSA) is 15.3 Å². The summed E-state index contributed by atoms with van der Waals surface area (Å²) in [4.78, 5) is 0.516. The summed E-state index contributed by atoms with van der Waals surface area (Å²) < 4.78 is 64.0. The van der Waals surface area contributed by atoms with E-state index in [4.69, 9.17) is 0 Å². The molecule has 0 atom stereocenters. The zero-order valence-corrected chi connectivity index (χ0v) is 10.6. The summed E-state index contributed by atoms with van der Waals surface area (Å²) in [6.07, 6.45) is -4.52. The monoisotopic (exact) mass is 282 g/mol. The van der Waals surface area contributed by atoms with Gasteiger partial charge < -0.3 is 10.2 Å². The van der Waals surface area contributed by atoms with Crippen LogP contribution in [0, 0.1) is 11.6 Å². The molecule has 0 spiro atoms. The van der Waals surface area contributed by atoms with Crippen molar-refractivity contribution in [2.45, 2.75) is 19.6 Å². The molecule has 0 radical (unpaired) electrons. The van der Waals surface area contributed by atoms with Crippen LogP contribution in [0.25, 0.3) is 0 Å². The van der Waals surface area contributed by atoms with Gasteiger partial charge in [0.2, 0.25) is 0 Å². The molecule has 108 valence electrons. The summed E-state index contributed by atoms with van der Waals surface area (Å²) in [5.41, 5.74) is -0.321. The van der Waals surface area contributed by atoms with Crippen molar-refractivity contribution in [3.05, 3.63) is 29.3 Å². The van der Waals surface area contributed by atoms with Crippen molar-refractivity contribution in [3.8, 4) is 0 Å². The summed E-state index contributed by atoms with van der Waals surface area (Å²) >= 11 is 0. The lowest BCUT2D eigenvalue weighted by molar-refractivity contribution is -0.119. The molecule has 0 fully saturated rings. The Morgan fingerprint density at radius 1 is 1.16 bits per heavy atom. The molecule has 1 N–H and O–H groups in total. The highest BCUT2D eigenvalue weighted by Crippen LogP contribution is 2.27. The van der Waals surface area contributed by atoms with E-state index in [1.165, 1.54) is 0 Å². The first kappa shape index (κ1) is 15.7. The van der Waals surface area contributed by atoms with E-state index in [1.807, 2.05) is 6.92 Å². The second-order valence-corrected chi connectivity index (χ2v) is 4.16. The molecular weight excluding hydrogens is 267 g/mol. The van der Waals surface area contributed by atoms with E-state index in [0.29, 0.717) is 17.0 Å². The number of anilines is 1. The fourth-order valence-corrected chi connectivity index (χ4v) is 1.70. The van der Waals surface area contributed by atoms with Gasteiger partial charge in [0, 0.05) is 13.6 Å². The van der Waals surface area contributed by atoms with Crippen LogP contribution in [0.2, 0.25) is 0 Å². The average molecular weight is 282 g/mol. The lowest BCUT2D eigenvalue weighted by Crippen LogP contribution is -2.32. The molecule has 1 aromatic rings. The highest BCUT2D eigenvalue weighted by atomic mass is 19.4. The first-order valence-corrected chi connectivity index (χ1v) is 5.71. The van der Waals surface area contributed by atoms with Gasteiger partial charge in [-0.1, -0.05) is 6.92 Å². The molecule has 0 bridgehead atoms. The van der Waals surface area contributed by atoms with Crippen LogP contribution in [0.5, 0.6) is 0 Å². The first-order valence-electron chi connectivity index (χ1n) is 5.71. The van der Waals surface area contributed by atoms with Crippen LogP contribution in [0.4, 0.5) is 27.6 Å². The fraction of sp³-hybridized carbons (Fsp3) is 0.500. The molecule has 2 nitrogen and oxygen atoms in total. The minimum Gasteiger partial charge on any atom is -0.361 e. The molecule has 1 rings (SSSR count). The van der Waals surface area contributed by atoms with Gasteiger partial charge >= 0.3 is 6.18 Å². The number of nitrogens with zero attached hydrogens (tertiary/aromatic N) is 1. The fourth-order valence-electron chi connectivity index (χ4n) is 1.70. The van der Waals surface area contributed by atoms with Gasteiger partial charge in [-0.05, 0) is 24.2 Å². The minimum atomic E-state index is -4.52. The molecular formula is C12H15F5N2. The van der Waals surface area contributed by atoms with Gasteiger partial charge in [-0.2, -0.15) is 13.2 Å². The molecule has 1 aromatic carbocycles. The first-order chi connectivity index (χ1) is 8.74. The Labute approximate surface area is 108 Å². The van der Waals surface area contributed by atoms with E-state index in [9.17, 15) is 22.0 Å². The van der Waals surface area contributed by atoms with Crippen molar-refractivity contribution >= 4 is 5.69 Å². The third kappa shape index (κ3) is 4.66. The van der Waals surface area contributed by atoms with Crippen LogP contribution >= 0.6 is 0 Å². The zero-order chi connectivity index (χ0) is 14.6. The van der Waals surface area contributed by atoms with Crippen LogP contribution < -0.4 is 10.2 Å². The second-order valence-electron chi connectivity index (χ2n) is 4.16.